The normalized spacial score (nSPS) is 10.8. The van der Waals surface area contributed by atoms with Crippen molar-refractivity contribution in [1.29, 1.82) is 0 Å². The number of carbonyl (C=O) groups excluding carboxylic acids is 1. The first kappa shape index (κ1) is 34.0. The lowest BCUT2D eigenvalue weighted by Crippen LogP contribution is -3.00. The van der Waals surface area contributed by atoms with Crippen LogP contribution in [-0.4, -0.2) is 12.5 Å². The molecule has 0 aliphatic heterocycles. The van der Waals surface area contributed by atoms with Gasteiger partial charge in [-0.15, -0.1) is 0 Å². The second-order valence-electron chi connectivity index (χ2n) is 10.6. The minimum Gasteiger partial charge on any atom is -1.00 e. The molecule has 0 fully saturated rings. The summed E-state index contributed by atoms with van der Waals surface area (Å²) in [6, 6.07) is 16.6. The molecule has 220 valence electrons. The largest absolute Gasteiger partial charge is 1.00 e. The van der Waals surface area contributed by atoms with Gasteiger partial charge in [0.2, 0.25) is 11.4 Å². The second kappa shape index (κ2) is 20.7. The Morgan fingerprint density at radius 3 is 2.08 bits per heavy atom. The molecule has 0 unspecified atom stereocenters. The average Bonchev–Trinajstić information content (AvgIpc) is 3.47. The van der Waals surface area contributed by atoms with Gasteiger partial charge in [0.15, 0.2) is 12.7 Å². The summed E-state index contributed by atoms with van der Waals surface area (Å²) < 4.78 is 8.15. The Hall–Kier alpha value is -2.18. The molecule has 0 atom stereocenters. The van der Waals surface area contributed by atoms with Gasteiger partial charge in [0.1, 0.15) is 5.75 Å². The van der Waals surface area contributed by atoms with Gasteiger partial charge in [-0.3, -0.25) is 4.79 Å². The van der Waals surface area contributed by atoms with Crippen molar-refractivity contribution < 1.29 is 31.1 Å². The topological polar surface area (TPSA) is 33.4 Å². The maximum atomic E-state index is 12.9. The van der Waals surface area contributed by atoms with Gasteiger partial charge in [-0.25, -0.2) is 0 Å². The lowest BCUT2D eigenvalue weighted by molar-refractivity contribution is -0.683. The standard InChI is InChI=1S/C34H49N2O2S.BrH/c1-3-5-6-7-8-9-10-11-12-13-14-15-24-38-33-21-19-30(20-22-33)28-36(34(37)4-2)32-18-16-17-31(26-32)27-35-23-25-39-29-35;/h16-23,25-26,29H,3-15,24,27-28H2,1-2H3;1H/q+1;/p-1. The summed E-state index contributed by atoms with van der Waals surface area (Å²) in [4.78, 5) is 14.8. The van der Waals surface area contributed by atoms with Crippen LogP contribution >= 0.6 is 11.3 Å². The molecule has 2 aromatic carbocycles. The number of aromatic nitrogens is 1. The molecule has 3 rings (SSSR count). The molecule has 0 saturated carbocycles. The third kappa shape index (κ3) is 13.0. The summed E-state index contributed by atoms with van der Waals surface area (Å²) in [6.45, 7) is 6.33. The number of thiazole rings is 1. The minimum absolute atomic E-state index is 0. The predicted molar refractivity (Wildman–Crippen MR) is 165 cm³/mol. The van der Waals surface area contributed by atoms with Crippen LogP contribution in [0, 0.1) is 0 Å². The van der Waals surface area contributed by atoms with Crippen LogP contribution in [0.3, 0.4) is 0 Å². The zero-order chi connectivity index (χ0) is 27.5. The Balaban J connectivity index is 0.00000560. The molecule has 6 heteroatoms. The van der Waals surface area contributed by atoms with Crippen molar-refractivity contribution in [3.63, 3.8) is 0 Å². The van der Waals surface area contributed by atoms with Crippen molar-refractivity contribution in [2.45, 2.75) is 110 Å². The highest BCUT2D eigenvalue weighted by molar-refractivity contribution is 7.07. The van der Waals surface area contributed by atoms with Crippen molar-refractivity contribution in [2.24, 2.45) is 0 Å². The summed E-state index contributed by atoms with van der Waals surface area (Å²) in [5, 5.41) is 2.07. The number of unbranched alkanes of at least 4 members (excludes halogenated alkanes) is 11. The Bertz CT molecular complexity index is 1060. The van der Waals surface area contributed by atoms with E-state index in [0.29, 0.717) is 13.0 Å². The van der Waals surface area contributed by atoms with Crippen LogP contribution in [0.2, 0.25) is 0 Å². The van der Waals surface area contributed by atoms with Gasteiger partial charge in [0.05, 0.1) is 18.5 Å². The molecule has 0 saturated heterocycles. The molecular formula is C34H49BrN2O2S. The van der Waals surface area contributed by atoms with Crippen LogP contribution in [0.15, 0.2) is 65.6 Å². The number of benzene rings is 2. The number of hydrogen-bond donors (Lipinski definition) is 0. The number of hydrogen-bond acceptors (Lipinski definition) is 3. The Kier molecular flexibility index (Phi) is 17.6. The van der Waals surface area contributed by atoms with Crippen molar-refractivity contribution in [3.8, 4) is 5.75 Å². The summed E-state index contributed by atoms with van der Waals surface area (Å²) in [6.07, 6.45) is 18.8. The van der Waals surface area contributed by atoms with Crippen molar-refractivity contribution >= 4 is 22.9 Å². The maximum absolute atomic E-state index is 12.9. The van der Waals surface area contributed by atoms with Gasteiger partial charge in [-0.1, -0.05) is 120 Å². The SMILES string of the molecule is CCCCCCCCCCCCCCOc1ccc(CN(C(=O)CC)c2cccc(C[n+]3ccsc3)c2)cc1.[Br-]. The molecule has 4 nitrogen and oxygen atoms in total. The first-order chi connectivity index (χ1) is 19.2. The van der Waals surface area contributed by atoms with E-state index in [1.807, 2.05) is 36.1 Å². The van der Waals surface area contributed by atoms with Crippen LogP contribution in [0.5, 0.6) is 5.75 Å². The molecule has 40 heavy (non-hydrogen) atoms. The van der Waals surface area contributed by atoms with Gasteiger partial charge in [-0.2, -0.15) is 4.57 Å². The van der Waals surface area contributed by atoms with E-state index in [0.717, 1.165) is 36.6 Å². The molecule has 1 amide bonds. The molecular weight excluding hydrogens is 580 g/mol. The van der Waals surface area contributed by atoms with E-state index < -0.39 is 0 Å². The number of nitrogens with zero attached hydrogens (tertiary/aromatic N) is 2. The minimum atomic E-state index is 0. The summed E-state index contributed by atoms with van der Waals surface area (Å²) >= 11 is 1.68. The molecule has 1 aromatic heterocycles. The quantitative estimate of drug-likeness (QED) is 0.112. The molecule has 0 spiro atoms. The smallest absolute Gasteiger partial charge is 0.227 e. The highest BCUT2D eigenvalue weighted by atomic mass is 79.9. The van der Waals surface area contributed by atoms with E-state index in [2.05, 4.69) is 52.8 Å². The van der Waals surface area contributed by atoms with Crippen LogP contribution in [0.4, 0.5) is 5.69 Å². The number of carbonyl (C=O) groups is 1. The van der Waals surface area contributed by atoms with E-state index in [-0.39, 0.29) is 22.9 Å². The first-order valence-corrected chi connectivity index (χ1v) is 16.2. The van der Waals surface area contributed by atoms with Crippen molar-refractivity contribution in [3.05, 3.63) is 76.7 Å². The highest BCUT2D eigenvalue weighted by Crippen LogP contribution is 2.22. The predicted octanol–water partition coefficient (Wildman–Crippen LogP) is 6.11. The fraction of sp³-hybridized carbons (Fsp3) is 0.529. The lowest BCUT2D eigenvalue weighted by Gasteiger charge is -2.23. The monoisotopic (exact) mass is 628 g/mol. The van der Waals surface area contributed by atoms with Gasteiger partial charge in [0.25, 0.3) is 0 Å². The highest BCUT2D eigenvalue weighted by Gasteiger charge is 2.16. The second-order valence-corrected chi connectivity index (χ2v) is 11.3. The number of amides is 1. The molecule has 1 heterocycles. The van der Waals surface area contributed by atoms with Crippen LogP contribution in [0.1, 0.15) is 108 Å². The first-order valence-electron chi connectivity index (χ1n) is 15.2. The van der Waals surface area contributed by atoms with Crippen molar-refractivity contribution in [1.82, 2.24) is 0 Å². The van der Waals surface area contributed by atoms with E-state index in [9.17, 15) is 4.79 Å². The zero-order valence-electron chi connectivity index (χ0n) is 24.7. The average molecular weight is 630 g/mol. The molecule has 0 radical (unpaired) electrons. The number of rotatable bonds is 20. The van der Waals surface area contributed by atoms with Gasteiger partial charge in [-0.05, 0) is 36.2 Å². The molecule has 3 aromatic rings. The van der Waals surface area contributed by atoms with Gasteiger partial charge in [0, 0.05) is 17.7 Å². The van der Waals surface area contributed by atoms with Crippen LogP contribution < -0.4 is 31.2 Å². The maximum Gasteiger partial charge on any atom is 0.227 e. The number of halogens is 1. The van der Waals surface area contributed by atoms with E-state index in [1.54, 1.807) is 11.3 Å². The van der Waals surface area contributed by atoms with E-state index >= 15 is 0 Å². The Morgan fingerprint density at radius 1 is 0.825 bits per heavy atom. The molecule has 0 aliphatic rings. The molecule has 0 N–H and O–H groups in total. The van der Waals surface area contributed by atoms with Crippen LogP contribution in [-0.2, 0) is 17.9 Å². The van der Waals surface area contributed by atoms with Crippen molar-refractivity contribution in [2.75, 3.05) is 11.5 Å². The van der Waals surface area contributed by atoms with E-state index in [1.165, 1.54) is 76.2 Å². The zero-order valence-corrected chi connectivity index (χ0v) is 27.1. The summed E-state index contributed by atoms with van der Waals surface area (Å²) in [7, 11) is 0. The van der Waals surface area contributed by atoms with Gasteiger partial charge >= 0.3 is 0 Å². The summed E-state index contributed by atoms with van der Waals surface area (Å²) in [5.41, 5.74) is 5.34. The van der Waals surface area contributed by atoms with E-state index in [4.69, 9.17) is 4.74 Å². The molecule has 0 bridgehead atoms. The third-order valence-electron chi connectivity index (χ3n) is 7.25. The lowest BCUT2D eigenvalue weighted by atomic mass is 10.1. The summed E-state index contributed by atoms with van der Waals surface area (Å²) in [5.74, 6) is 1.03. The number of ether oxygens (including phenoxy) is 1. The number of anilines is 1. The molecule has 0 aliphatic carbocycles. The fourth-order valence-electron chi connectivity index (χ4n) is 4.91. The van der Waals surface area contributed by atoms with Gasteiger partial charge < -0.3 is 26.6 Å². The van der Waals surface area contributed by atoms with Crippen LogP contribution in [0.25, 0.3) is 0 Å². The Morgan fingerprint density at radius 2 is 1.48 bits per heavy atom. The Labute approximate surface area is 257 Å². The fourth-order valence-corrected chi connectivity index (χ4v) is 5.50. The third-order valence-corrected chi connectivity index (χ3v) is 7.92.